The van der Waals surface area contributed by atoms with Crippen molar-refractivity contribution in [3.8, 4) is 0 Å². The lowest BCUT2D eigenvalue weighted by atomic mass is 10.2. The van der Waals surface area contributed by atoms with Gasteiger partial charge in [0.15, 0.2) is 5.78 Å². The first-order chi connectivity index (χ1) is 8.75. The Morgan fingerprint density at radius 2 is 1.84 bits per heavy atom. The van der Waals surface area contributed by atoms with Gasteiger partial charge in [-0.05, 0) is 12.1 Å². The number of ketones is 1. The van der Waals surface area contributed by atoms with Crippen molar-refractivity contribution in [3.05, 3.63) is 27.7 Å². The molecule has 0 heterocycles. The number of carbonyl (C=O) groups excluding carboxylic acids is 1. The largest absolute Gasteiger partial charge is 0.416 e. The minimum atomic E-state index is -4.55. The van der Waals surface area contributed by atoms with Crippen LogP contribution in [0, 0.1) is 0 Å². The Bertz CT molecular complexity index is 494. The van der Waals surface area contributed by atoms with Crippen LogP contribution in [-0.4, -0.2) is 17.9 Å². The molecule has 0 saturated heterocycles. The summed E-state index contributed by atoms with van der Waals surface area (Å²) in [5, 5.41) is 2.93. The van der Waals surface area contributed by atoms with E-state index < -0.39 is 17.5 Å². The van der Waals surface area contributed by atoms with Crippen molar-refractivity contribution in [2.75, 3.05) is 11.3 Å². The number of alkyl halides is 4. The van der Waals surface area contributed by atoms with Gasteiger partial charge in [-0.3, -0.25) is 10.2 Å². The Morgan fingerprint density at radius 3 is 2.26 bits per heavy atom. The molecule has 9 heteroatoms. The van der Waals surface area contributed by atoms with E-state index in [1.165, 1.54) is 0 Å². The van der Waals surface area contributed by atoms with Crippen molar-refractivity contribution in [3.63, 3.8) is 0 Å². The molecule has 0 aromatic heterocycles. The lowest BCUT2D eigenvalue weighted by Gasteiger charge is -2.11. The molecule has 0 aliphatic rings. The average molecular weight is 334 g/mol. The van der Waals surface area contributed by atoms with Crippen LogP contribution < -0.4 is 5.43 Å². The van der Waals surface area contributed by atoms with Gasteiger partial charge in [0.05, 0.1) is 33.4 Å². The van der Waals surface area contributed by atoms with Gasteiger partial charge in [0.2, 0.25) is 0 Å². The Hall–Kier alpha value is -0.980. The van der Waals surface area contributed by atoms with Crippen LogP contribution >= 0.6 is 34.8 Å². The number of hydrogen-bond donors (Lipinski definition) is 1. The predicted molar refractivity (Wildman–Crippen MR) is 69.3 cm³/mol. The van der Waals surface area contributed by atoms with Crippen molar-refractivity contribution >= 4 is 52.5 Å². The molecule has 0 saturated carbocycles. The Balaban J connectivity index is 2.98. The SMILES string of the molecule is O=C(/C=N/Nc1c(Cl)cc(C(F)(F)F)cc1Cl)CCl. The monoisotopic (exact) mass is 332 g/mol. The van der Waals surface area contributed by atoms with Crippen LogP contribution in [0.4, 0.5) is 18.9 Å². The summed E-state index contributed by atoms with van der Waals surface area (Å²) in [5.74, 6) is -0.743. The number of nitrogens with zero attached hydrogens (tertiary/aromatic N) is 1. The molecule has 1 N–H and O–H groups in total. The molecular formula is C10H6Cl3F3N2O. The molecule has 1 rings (SSSR count). The summed E-state index contributed by atoms with van der Waals surface area (Å²) in [6.07, 6.45) is -3.68. The quantitative estimate of drug-likeness (QED) is 0.509. The van der Waals surface area contributed by atoms with Crippen molar-refractivity contribution < 1.29 is 18.0 Å². The highest BCUT2D eigenvalue weighted by atomic mass is 35.5. The van der Waals surface area contributed by atoms with E-state index in [2.05, 4.69) is 10.5 Å². The maximum Gasteiger partial charge on any atom is 0.416 e. The molecule has 1 aromatic rings. The molecule has 0 radical (unpaired) electrons. The lowest BCUT2D eigenvalue weighted by Crippen LogP contribution is -2.06. The first-order valence-electron chi connectivity index (χ1n) is 4.70. The number of anilines is 1. The lowest BCUT2D eigenvalue weighted by molar-refractivity contribution is -0.137. The summed E-state index contributed by atoms with van der Waals surface area (Å²) in [6, 6.07) is 1.41. The highest BCUT2D eigenvalue weighted by Crippen LogP contribution is 2.38. The second-order valence-electron chi connectivity index (χ2n) is 3.28. The van der Waals surface area contributed by atoms with Gasteiger partial charge in [0.1, 0.15) is 0 Å². The van der Waals surface area contributed by atoms with E-state index in [9.17, 15) is 18.0 Å². The molecule has 19 heavy (non-hydrogen) atoms. The maximum atomic E-state index is 12.5. The summed E-state index contributed by atoms with van der Waals surface area (Å²) >= 11 is 16.5. The van der Waals surface area contributed by atoms with Crippen molar-refractivity contribution in [2.24, 2.45) is 5.10 Å². The summed E-state index contributed by atoms with van der Waals surface area (Å²) in [4.78, 5) is 10.8. The minimum Gasteiger partial charge on any atom is -0.292 e. The third kappa shape index (κ3) is 4.56. The van der Waals surface area contributed by atoms with E-state index in [0.29, 0.717) is 12.1 Å². The summed E-state index contributed by atoms with van der Waals surface area (Å²) in [6.45, 7) is 0. The number of hydrogen-bond acceptors (Lipinski definition) is 3. The zero-order chi connectivity index (χ0) is 14.6. The van der Waals surface area contributed by atoms with Crippen LogP contribution in [-0.2, 0) is 11.0 Å². The molecule has 1 aromatic carbocycles. The Kier molecular flexibility index (Phi) is 5.46. The molecule has 0 unspecified atom stereocenters. The van der Waals surface area contributed by atoms with Gasteiger partial charge >= 0.3 is 6.18 Å². The molecule has 0 atom stereocenters. The third-order valence-electron chi connectivity index (χ3n) is 1.89. The molecule has 104 valence electrons. The van der Waals surface area contributed by atoms with Crippen LogP contribution in [0.15, 0.2) is 17.2 Å². The van der Waals surface area contributed by atoms with Gasteiger partial charge in [0, 0.05) is 0 Å². The van der Waals surface area contributed by atoms with Crippen LogP contribution in [0.1, 0.15) is 5.56 Å². The van der Waals surface area contributed by atoms with E-state index >= 15 is 0 Å². The maximum absolute atomic E-state index is 12.5. The molecule has 0 bridgehead atoms. The summed E-state index contributed by atoms with van der Waals surface area (Å²) < 4.78 is 37.4. The number of rotatable bonds is 4. The fourth-order valence-corrected chi connectivity index (χ4v) is 1.69. The summed E-state index contributed by atoms with van der Waals surface area (Å²) in [5.41, 5.74) is 1.27. The third-order valence-corrected chi connectivity index (χ3v) is 2.75. The number of hydrazone groups is 1. The molecular weight excluding hydrogens is 327 g/mol. The van der Waals surface area contributed by atoms with Crippen molar-refractivity contribution in [1.29, 1.82) is 0 Å². The minimum absolute atomic E-state index is 0.0324. The van der Waals surface area contributed by atoms with E-state index in [-0.39, 0.29) is 21.6 Å². The number of carbonyl (C=O) groups is 1. The topological polar surface area (TPSA) is 41.5 Å². The molecule has 0 amide bonds. The highest BCUT2D eigenvalue weighted by Gasteiger charge is 2.32. The Morgan fingerprint density at radius 1 is 1.32 bits per heavy atom. The van der Waals surface area contributed by atoms with Gasteiger partial charge < -0.3 is 0 Å². The normalized spacial score (nSPS) is 11.9. The smallest absolute Gasteiger partial charge is 0.292 e. The number of halogens is 6. The molecule has 0 fully saturated rings. The zero-order valence-corrected chi connectivity index (χ0v) is 11.3. The van der Waals surface area contributed by atoms with Gasteiger partial charge in [-0.1, -0.05) is 23.2 Å². The second kappa shape index (κ2) is 6.45. The number of nitrogens with one attached hydrogen (secondary N) is 1. The van der Waals surface area contributed by atoms with E-state index in [1.54, 1.807) is 0 Å². The van der Waals surface area contributed by atoms with Crippen molar-refractivity contribution in [1.82, 2.24) is 0 Å². The van der Waals surface area contributed by atoms with E-state index in [4.69, 9.17) is 34.8 Å². The number of Topliss-reactive ketones (excluding diaryl/α,β-unsaturated/α-hetero) is 1. The van der Waals surface area contributed by atoms with E-state index in [0.717, 1.165) is 6.21 Å². The zero-order valence-electron chi connectivity index (χ0n) is 9.06. The highest BCUT2D eigenvalue weighted by molar-refractivity contribution is 6.42. The Labute approximate surface area is 121 Å². The van der Waals surface area contributed by atoms with Gasteiger partial charge in [-0.2, -0.15) is 18.3 Å². The van der Waals surface area contributed by atoms with E-state index in [1.807, 2.05) is 0 Å². The van der Waals surface area contributed by atoms with Crippen LogP contribution in [0.3, 0.4) is 0 Å². The first-order valence-corrected chi connectivity index (χ1v) is 5.99. The van der Waals surface area contributed by atoms with Gasteiger partial charge in [0.25, 0.3) is 0 Å². The fraction of sp³-hybridized carbons (Fsp3) is 0.200. The summed E-state index contributed by atoms with van der Waals surface area (Å²) in [7, 11) is 0. The molecule has 0 aliphatic heterocycles. The standard InChI is InChI=1S/C10H6Cl3F3N2O/c11-3-6(19)4-17-18-9-7(12)1-5(2-8(9)13)10(14,15)16/h1-2,4,18H,3H2/b17-4+. The van der Waals surface area contributed by atoms with Crippen LogP contribution in [0.25, 0.3) is 0 Å². The average Bonchev–Trinajstić information content (AvgIpc) is 2.30. The first kappa shape index (κ1) is 16.1. The van der Waals surface area contributed by atoms with Gasteiger partial charge in [-0.15, -0.1) is 11.6 Å². The fourth-order valence-electron chi connectivity index (χ4n) is 1.05. The van der Waals surface area contributed by atoms with Crippen LogP contribution in [0.2, 0.25) is 10.0 Å². The predicted octanol–water partition coefficient (Wildman–Crippen LogP) is 4.22. The van der Waals surface area contributed by atoms with Crippen LogP contribution in [0.5, 0.6) is 0 Å². The second-order valence-corrected chi connectivity index (χ2v) is 4.36. The molecule has 0 spiro atoms. The number of benzene rings is 1. The molecule has 3 nitrogen and oxygen atoms in total. The molecule has 0 aliphatic carbocycles. The van der Waals surface area contributed by atoms with Gasteiger partial charge in [-0.25, -0.2) is 0 Å². The van der Waals surface area contributed by atoms with Crippen molar-refractivity contribution in [2.45, 2.75) is 6.18 Å².